The molecule has 0 aliphatic carbocycles. The molecule has 0 radical (unpaired) electrons. The molecule has 0 saturated carbocycles. The number of aromatic nitrogens is 4. The van der Waals surface area contributed by atoms with Crippen LogP contribution in [-0.2, 0) is 39.5 Å². The lowest BCUT2D eigenvalue weighted by molar-refractivity contribution is 0.194. The van der Waals surface area contributed by atoms with Crippen molar-refractivity contribution in [3.8, 4) is 28.6 Å². The third kappa shape index (κ3) is 9.80. The molecule has 280 valence electrons. The van der Waals surface area contributed by atoms with Gasteiger partial charge < -0.3 is 24.6 Å². The minimum atomic E-state index is -4.70. The second-order valence-corrected chi connectivity index (χ2v) is 16.7. The average molecular weight is 877 g/mol. The topological polar surface area (TPSA) is 192 Å². The van der Waals surface area contributed by atoms with Gasteiger partial charge in [-0.15, -0.1) is 10.2 Å². The van der Waals surface area contributed by atoms with E-state index < -0.39 is 41.5 Å². The molecular weight excluding hydrogens is 839 g/mol. The Hall–Kier alpha value is -4.79. The van der Waals surface area contributed by atoms with Gasteiger partial charge in [-0.05, 0) is 99.4 Å². The van der Waals surface area contributed by atoms with E-state index in [9.17, 15) is 13.2 Å². The maximum atomic E-state index is 15.2. The molecule has 53 heavy (non-hydrogen) atoms. The van der Waals surface area contributed by atoms with Gasteiger partial charge in [-0.25, -0.2) is 21.6 Å². The number of nitrogens with zero attached hydrogens (tertiary/aromatic N) is 5. The van der Waals surface area contributed by atoms with Crippen LogP contribution in [0.1, 0.15) is 23.1 Å². The van der Waals surface area contributed by atoms with Crippen molar-refractivity contribution in [2.75, 3.05) is 33.6 Å². The molecule has 1 heterocycles. The Morgan fingerprint density at radius 3 is 1.79 bits per heavy atom. The fourth-order valence-corrected chi connectivity index (χ4v) is 10.00. The summed E-state index contributed by atoms with van der Waals surface area (Å²) in [5.41, 5.74) is 2.00. The van der Waals surface area contributed by atoms with Crippen LogP contribution < -0.4 is 19.5 Å². The monoisotopic (exact) mass is 876 g/mol. The third-order valence-electron chi connectivity index (χ3n) is 8.07. The van der Waals surface area contributed by atoms with Gasteiger partial charge in [0.2, 0.25) is 15.8 Å². The van der Waals surface area contributed by atoms with E-state index in [-0.39, 0.29) is 44.0 Å². The molecule has 0 fully saturated rings. The predicted octanol–water partition coefficient (Wildman–Crippen LogP) is 4.84. The van der Waals surface area contributed by atoms with Crippen molar-refractivity contribution in [1.29, 1.82) is 0 Å². The van der Waals surface area contributed by atoms with Crippen LogP contribution in [-0.4, -0.2) is 86.2 Å². The number of carbonyl (C=O) groups is 1. The number of methoxy groups -OCH3 is 3. The van der Waals surface area contributed by atoms with Crippen LogP contribution in [0.25, 0.3) is 11.4 Å². The van der Waals surface area contributed by atoms with E-state index in [0.717, 1.165) is 5.56 Å². The summed E-state index contributed by atoms with van der Waals surface area (Å²) in [4.78, 5) is 11.3. The molecule has 0 unspecified atom stereocenters. The number of hydrogen-bond acceptors (Lipinski definition) is 11. The number of amides is 1. The number of sulfonamides is 1. The number of nitrogens with one attached hydrogen (secondary N) is 1. The third-order valence-corrected chi connectivity index (χ3v) is 12.8. The summed E-state index contributed by atoms with van der Waals surface area (Å²) in [6.07, 6.45) is -1.41. The van der Waals surface area contributed by atoms with Gasteiger partial charge in [0.25, 0.3) is 0 Å². The summed E-state index contributed by atoms with van der Waals surface area (Å²) in [6.45, 7) is -0.243. The lowest BCUT2D eigenvalue weighted by Gasteiger charge is -2.25. The molecule has 5 aromatic rings. The van der Waals surface area contributed by atoms with Crippen LogP contribution in [0.15, 0.2) is 94.7 Å². The molecule has 0 atom stereocenters. The molecule has 1 aromatic heterocycles. The lowest BCUT2D eigenvalue weighted by Crippen LogP contribution is -2.32. The Balaban J connectivity index is 1.66. The van der Waals surface area contributed by atoms with E-state index in [4.69, 9.17) is 19.3 Å². The quantitative estimate of drug-likeness (QED) is 0.0956. The number of ether oxygens (including phenoxy) is 3. The van der Waals surface area contributed by atoms with Crippen molar-refractivity contribution in [1.82, 2.24) is 29.8 Å². The molecular formula is C35H37IN6O9S2. The highest BCUT2D eigenvalue weighted by molar-refractivity contribution is 14.1. The van der Waals surface area contributed by atoms with E-state index >= 15 is 8.42 Å². The fraction of sp³-hybridized carbons (Fsp3) is 0.257. The second-order valence-electron chi connectivity index (χ2n) is 11.6. The molecule has 0 bridgehead atoms. The highest BCUT2D eigenvalue weighted by Gasteiger charge is 2.37. The second kappa shape index (κ2) is 17.4. The SMILES string of the molecule is COc1ccc(CN(Cc2ccc(OC)cc2)S(=O)(=O)c2c(S(=O)(=O)CCCNC(=O)O)ccc(I)c2-c2nnn(Cc3ccc(OC)cc3)n2)cc1. The first kappa shape index (κ1) is 39.4. The first-order valence-corrected chi connectivity index (χ1v) is 20.2. The number of halogens is 1. The Kier molecular flexibility index (Phi) is 12.9. The van der Waals surface area contributed by atoms with Crippen LogP contribution in [0.5, 0.6) is 17.2 Å². The highest BCUT2D eigenvalue weighted by Crippen LogP contribution is 2.38. The van der Waals surface area contributed by atoms with Crippen molar-refractivity contribution < 1.29 is 40.9 Å². The van der Waals surface area contributed by atoms with Gasteiger partial charge in [0.15, 0.2) is 9.84 Å². The van der Waals surface area contributed by atoms with Crippen molar-refractivity contribution in [3.05, 3.63) is 105 Å². The minimum Gasteiger partial charge on any atom is -0.497 e. The standard InChI is InChI=1S/C35H37IN6O9S2/c1-49-27-11-5-24(6-12-27)21-41(22-25-7-13-28(50-2)14-8-25)53(47,48)33-31(52(45,46)20-4-19-37-35(43)44)18-17-30(36)32(33)34-38-40-42(39-34)23-26-9-15-29(51-3)16-10-26/h5-18,37H,4,19-23H2,1-3H3,(H,43,44). The lowest BCUT2D eigenvalue weighted by atomic mass is 10.2. The molecule has 2 N–H and O–H groups in total. The molecule has 0 spiro atoms. The van der Waals surface area contributed by atoms with Crippen LogP contribution >= 0.6 is 22.6 Å². The van der Waals surface area contributed by atoms with Gasteiger partial charge in [-0.2, -0.15) is 9.10 Å². The van der Waals surface area contributed by atoms with Crippen molar-refractivity contribution in [2.45, 2.75) is 35.8 Å². The maximum Gasteiger partial charge on any atom is 0.404 e. The number of rotatable bonds is 17. The van der Waals surface area contributed by atoms with E-state index in [1.165, 1.54) is 35.5 Å². The van der Waals surface area contributed by atoms with E-state index in [1.54, 1.807) is 67.8 Å². The molecule has 1 amide bonds. The first-order valence-electron chi connectivity index (χ1n) is 16.0. The molecule has 0 aliphatic rings. The summed E-state index contributed by atoms with van der Waals surface area (Å²) < 4.78 is 75.9. The molecule has 15 nitrogen and oxygen atoms in total. The van der Waals surface area contributed by atoms with Gasteiger partial charge >= 0.3 is 6.09 Å². The van der Waals surface area contributed by atoms with Crippen LogP contribution in [0.4, 0.5) is 4.79 Å². The Morgan fingerprint density at radius 2 is 1.30 bits per heavy atom. The fourth-order valence-electron chi connectivity index (χ4n) is 5.35. The van der Waals surface area contributed by atoms with Crippen LogP contribution in [0.2, 0.25) is 0 Å². The molecule has 0 aliphatic heterocycles. The Bertz CT molecular complexity index is 2200. The Morgan fingerprint density at radius 1 is 0.792 bits per heavy atom. The van der Waals surface area contributed by atoms with E-state index in [2.05, 4.69) is 20.7 Å². The number of carboxylic acid groups (broad SMARTS) is 1. The van der Waals surface area contributed by atoms with E-state index in [1.807, 2.05) is 34.7 Å². The predicted molar refractivity (Wildman–Crippen MR) is 203 cm³/mol. The van der Waals surface area contributed by atoms with Gasteiger partial charge in [0.1, 0.15) is 22.1 Å². The van der Waals surface area contributed by atoms with Gasteiger partial charge in [0, 0.05) is 23.2 Å². The zero-order chi connectivity index (χ0) is 38.2. The molecule has 4 aromatic carbocycles. The van der Waals surface area contributed by atoms with Crippen molar-refractivity contribution >= 4 is 48.5 Å². The summed E-state index contributed by atoms with van der Waals surface area (Å²) in [7, 11) is -4.43. The largest absolute Gasteiger partial charge is 0.497 e. The van der Waals surface area contributed by atoms with Gasteiger partial charge in [-0.3, -0.25) is 0 Å². The first-order chi connectivity index (χ1) is 25.3. The smallest absolute Gasteiger partial charge is 0.404 e. The number of sulfone groups is 1. The van der Waals surface area contributed by atoms with Crippen molar-refractivity contribution in [3.63, 3.8) is 0 Å². The summed E-state index contributed by atoms with van der Waals surface area (Å²) in [5, 5.41) is 24.0. The zero-order valence-electron chi connectivity index (χ0n) is 29.0. The zero-order valence-corrected chi connectivity index (χ0v) is 32.8. The number of benzene rings is 4. The summed E-state index contributed by atoms with van der Waals surface area (Å²) >= 11 is 1.93. The van der Waals surface area contributed by atoms with E-state index in [0.29, 0.717) is 31.9 Å². The van der Waals surface area contributed by atoms with Crippen LogP contribution in [0.3, 0.4) is 0 Å². The minimum absolute atomic E-state index is 0.0363. The highest BCUT2D eigenvalue weighted by atomic mass is 127. The summed E-state index contributed by atoms with van der Waals surface area (Å²) in [6, 6.07) is 23.7. The maximum absolute atomic E-state index is 15.2. The normalized spacial score (nSPS) is 11.7. The Labute approximate surface area is 321 Å². The summed E-state index contributed by atoms with van der Waals surface area (Å²) in [5.74, 6) is 1.18. The van der Waals surface area contributed by atoms with Crippen LogP contribution in [0, 0.1) is 3.57 Å². The molecule has 18 heteroatoms. The molecule has 0 saturated heterocycles. The average Bonchev–Trinajstić information content (AvgIpc) is 3.61. The number of tetrazole rings is 1. The van der Waals surface area contributed by atoms with Gasteiger partial charge in [0.05, 0.1) is 44.1 Å². The molecule has 5 rings (SSSR count). The van der Waals surface area contributed by atoms with Crippen molar-refractivity contribution in [2.24, 2.45) is 0 Å². The number of hydrogen-bond donors (Lipinski definition) is 2. The van der Waals surface area contributed by atoms with Gasteiger partial charge in [-0.1, -0.05) is 36.4 Å².